The first-order chi connectivity index (χ1) is 20.0. The Hall–Kier alpha value is -2.97. The van der Waals surface area contributed by atoms with Crippen LogP contribution < -0.4 is 0 Å². The largest absolute Gasteiger partial charge is 0.396 e. The van der Waals surface area contributed by atoms with Gasteiger partial charge in [0.1, 0.15) is 11.6 Å². The van der Waals surface area contributed by atoms with Crippen molar-refractivity contribution >= 4 is 17.7 Å². The molecule has 5 atom stereocenters. The Morgan fingerprint density at radius 3 is 2.36 bits per heavy atom. The van der Waals surface area contributed by atoms with Gasteiger partial charge < -0.3 is 24.5 Å². The zero-order valence-electron chi connectivity index (χ0n) is 25.9. The number of carbonyl (C=O) groups excluding carboxylic acids is 3. The number of amides is 3. The van der Waals surface area contributed by atoms with Gasteiger partial charge in [0.25, 0.3) is 0 Å². The minimum absolute atomic E-state index is 0.0826. The number of rotatable bonds is 14. The molecule has 42 heavy (non-hydrogen) atoms. The minimum atomic E-state index is -1.07. The number of hydrogen-bond donors (Lipinski definition) is 1. The van der Waals surface area contributed by atoms with Crippen LogP contribution >= 0.6 is 0 Å². The Morgan fingerprint density at radius 2 is 1.76 bits per heavy atom. The summed E-state index contributed by atoms with van der Waals surface area (Å²) in [5, 5.41) is 9.32. The van der Waals surface area contributed by atoms with Crippen molar-refractivity contribution in [2.75, 3.05) is 26.2 Å². The highest BCUT2D eigenvalue weighted by atomic mass is 16.5. The van der Waals surface area contributed by atoms with Gasteiger partial charge in [-0.3, -0.25) is 14.4 Å². The second-order valence-electron chi connectivity index (χ2n) is 13.1. The number of hydrogen-bond acceptors (Lipinski definition) is 5. The zero-order valence-corrected chi connectivity index (χ0v) is 25.9. The third-order valence-electron chi connectivity index (χ3n) is 9.50. The average Bonchev–Trinajstić information content (AvgIpc) is 3.56. The molecule has 0 aliphatic carbocycles. The summed E-state index contributed by atoms with van der Waals surface area (Å²) in [6.45, 7) is 17.3. The molecule has 2 bridgehead atoms. The van der Waals surface area contributed by atoms with E-state index < -0.39 is 34.6 Å². The van der Waals surface area contributed by atoms with Gasteiger partial charge in [-0.05, 0) is 64.9 Å². The van der Waals surface area contributed by atoms with Crippen LogP contribution in [0.3, 0.4) is 0 Å². The minimum Gasteiger partial charge on any atom is -0.396 e. The highest BCUT2D eigenvalue weighted by Gasteiger charge is 2.79. The van der Waals surface area contributed by atoms with E-state index in [1.807, 2.05) is 58.0 Å². The molecular formula is C34H49N3O5. The molecule has 3 amide bonds. The monoisotopic (exact) mass is 579 g/mol. The summed E-state index contributed by atoms with van der Waals surface area (Å²) in [6.07, 6.45) is 7.21. The molecule has 0 saturated carbocycles. The van der Waals surface area contributed by atoms with Crippen molar-refractivity contribution in [3.05, 3.63) is 61.2 Å². The number of aliphatic hydroxyl groups excluding tert-OH is 1. The Kier molecular flexibility index (Phi) is 9.68. The fourth-order valence-corrected chi connectivity index (χ4v) is 7.54. The van der Waals surface area contributed by atoms with Gasteiger partial charge in [-0.1, -0.05) is 49.4 Å². The lowest BCUT2D eigenvalue weighted by atomic mass is 9.64. The molecule has 1 aromatic carbocycles. The first kappa shape index (κ1) is 32.0. The molecule has 3 heterocycles. The Labute approximate surface area is 251 Å². The van der Waals surface area contributed by atoms with Crippen LogP contribution in [-0.4, -0.2) is 86.6 Å². The lowest BCUT2D eigenvalue weighted by Crippen LogP contribution is -2.60. The lowest BCUT2D eigenvalue weighted by molar-refractivity contribution is -0.157. The van der Waals surface area contributed by atoms with Crippen LogP contribution in [0.25, 0.3) is 0 Å². The number of benzene rings is 1. The molecule has 230 valence electrons. The zero-order chi connectivity index (χ0) is 30.7. The Morgan fingerprint density at radius 1 is 1.07 bits per heavy atom. The number of nitrogens with zero attached hydrogens (tertiary/aromatic N) is 3. The van der Waals surface area contributed by atoms with Crippen molar-refractivity contribution in [3.8, 4) is 0 Å². The summed E-state index contributed by atoms with van der Waals surface area (Å²) in [4.78, 5) is 48.9. The van der Waals surface area contributed by atoms with Crippen molar-refractivity contribution in [2.24, 2.45) is 11.8 Å². The quantitative estimate of drug-likeness (QED) is 0.262. The van der Waals surface area contributed by atoms with Crippen LogP contribution in [0.5, 0.6) is 0 Å². The van der Waals surface area contributed by atoms with E-state index in [1.165, 1.54) is 0 Å². The van der Waals surface area contributed by atoms with Crippen LogP contribution in [0.4, 0.5) is 0 Å². The number of likely N-dealkylation sites (tertiary alicyclic amines) is 1. The standard InChI is InChI=1S/C34H49N3O5/c1-7-20-35(24-25-16-12-10-13-17-25)29(39)26-27-30(40)36(22-14-11-15-23-38)28(31(41)37(21-8-2)32(4,5)6)34(27)19-18-33(26,9-3)42-34/h7-8,10,12-13,16-17,26-28,38H,1-2,9,11,14-15,18-24H2,3-6H3/t26-,27+,28?,33+,34?/m1/s1. The molecule has 3 aliphatic heterocycles. The number of unbranched alkanes of at least 4 members (excludes halogenated alkanes) is 2. The molecule has 0 radical (unpaired) electrons. The summed E-state index contributed by atoms with van der Waals surface area (Å²) in [7, 11) is 0. The average molecular weight is 580 g/mol. The molecule has 1 N–H and O–H groups in total. The maximum absolute atomic E-state index is 14.6. The van der Waals surface area contributed by atoms with E-state index in [4.69, 9.17) is 4.74 Å². The van der Waals surface area contributed by atoms with Crippen molar-refractivity contribution in [2.45, 2.75) is 95.5 Å². The number of ether oxygens (including phenoxy) is 1. The van der Waals surface area contributed by atoms with E-state index in [2.05, 4.69) is 13.2 Å². The molecule has 0 aromatic heterocycles. The molecule has 8 nitrogen and oxygen atoms in total. The van der Waals surface area contributed by atoms with Crippen LogP contribution in [0, 0.1) is 11.8 Å². The summed E-state index contributed by atoms with van der Waals surface area (Å²) in [5.74, 6) is -1.87. The second kappa shape index (κ2) is 12.7. The van der Waals surface area contributed by atoms with E-state index in [0.717, 1.165) is 12.0 Å². The van der Waals surface area contributed by atoms with Gasteiger partial charge in [-0.2, -0.15) is 0 Å². The maximum Gasteiger partial charge on any atom is 0.249 e. The predicted octanol–water partition coefficient (Wildman–Crippen LogP) is 4.33. The Bertz CT molecular complexity index is 1160. The van der Waals surface area contributed by atoms with E-state index in [-0.39, 0.29) is 24.3 Å². The summed E-state index contributed by atoms with van der Waals surface area (Å²) in [6, 6.07) is 9.00. The van der Waals surface area contributed by atoms with Crippen LogP contribution in [0.2, 0.25) is 0 Å². The summed E-state index contributed by atoms with van der Waals surface area (Å²) >= 11 is 0. The number of aliphatic hydroxyl groups is 1. The molecule has 3 aliphatic rings. The first-order valence-electron chi connectivity index (χ1n) is 15.5. The molecule has 2 unspecified atom stereocenters. The van der Waals surface area contributed by atoms with E-state index in [1.54, 1.807) is 26.9 Å². The fraction of sp³-hybridized carbons (Fsp3) is 0.618. The highest BCUT2D eigenvalue weighted by Crippen LogP contribution is 2.64. The van der Waals surface area contributed by atoms with Crippen molar-refractivity contribution in [1.82, 2.24) is 14.7 Å². The van der Waals surface area contributed by atoms with Gasteiger partial charge in [-0.15, -0.1) is 13.2 Å². The smallest absolute Gasteiger partial charge is 0.249 e. The molecule has 3 fully saturated rings. The number of carbonyl (C=O) groups is 3. The predicted molar refractivity (Wildman–Crippen MR) is 163 cm³/mol. The van der Waals surface area contributed by atoms with Gasteiger partial charge in [0, 0.05) is 38.3 Å². The van der Waals surface area contributed by atoms with Crippen molar-refractivity contribution in [1.29, 1.82) is 0 Å². The number of fused-ring (bicyclic) bond motifs is 1. The molecule has 4 rings (SSSR count). The van der Waals surface area contributed by atoms with E-state index in [9.17, 15) is 19.5 Å². The van der Waals surface area contributed by atoms with Gasteiger partial charge in [-0.25, -0.2) is 0 Å². The molecule has 3 saturated heterocycles. The summed E-state index contributed by atoms with van der Waals surface area (Å²) in [5.41, 5.74) is -1.38. The summed E-state index contributed by atoms with van der Waals surface area (Å²) < 4.78 is 6.99. The lowest BCUT2D eigenvalue weighted by Gasteiger charge is -2.42. The Balaban J connectivity index is 1.77. The molecule has 1 aromatic rings. The van der Waals surface area contributed by atoms with Gasteiger partial charge in [0.15, 0.2) is 0 Å². The topological polar surface area (TPSA) is 90.4 Å². The van der Waals surface area contributed by atoms with Crippen LogP contribution in [0.15, 0.2) is 55.6 Å². The maximum atomic E-state index is 14.6. The molecular weight excluding hydrogens is 530 g/mol. The fourth-order valence-electron chi connectivity index (χ4n) is 7.54. The molecule has 1 spiro atoms. The first-order valence-corrected chi connectivity index (χ1v) is 15.5. The second-order valence-corrected chi connectivity index (χ2v) is 13.1. The van der Waals surface area contributed by atoms with Gasteiger partial charge in [0.05, 0.1) is 17.4 Å². The molecule has 8 heteroatoms. The van der Waals surface area contributed by atoms with Gasteiger partial charge >= 0.3 is 0 Å². The highest BCUT2D eigenvalue weighted by molar-refractivity contribution is 5.99. The third-order valence-corrected chi connectivity index (χ3v) is 9.50. The van der Waals surface area contributed by atoms with Crippen LogP contribution in [0.1, 0.15) is 71.8 Å². The van der Waals surface area contributed by atoms with Crippen molar-refractivity contribution < 1.29 is 24.2 Å². The normalized spacial score (nSPS) is 28.1. The van der Waals surface area contributed by atoms with E-state index >= 15 is 0 Å². The van der Waals surface area contributed by atoms with Crippen LogP contribution in [-0.2, 0) is 25.7 Å². The SMILES string of the molecule is C=CCN(Cc1ccccc1)C(=O)[C@H]1[C@H]2C(=O)N(CCCCCO)C(C(=O)N(CC=C)C(C)(C)C)C23CC[C@]1(CC)O3. The third kappa shape index (κ3) is 5.55. The van der Waals surface area contributed by atoms with E-state index in [0.29, 0.717) is 58.3 Å². The van der Waals surface area contributed by atoms with Crippen molar-refractivity contribution in [3.63, 3.8) is 0 Å². The van der Waals surface area contributed by atoms with Gasteiger partial charge in [0.2, 0.25) is 17.7 Å².